The Morgan fingerprint density at radius 1 is 0.870 bits per heavy atom. The van der Waals surface area contributed by atoms with Crippen LogP contribution in [0.5, 0.6) is 0 Å². The van der Waals surface area contributed by atoms with E-state index in [-0.39, 0.29) is 18.2 Å². The van der Waals surface area contributed by atoms with Gasteiger partial charge >= 0.3 is 0 Å². The summed E-state index contributed by atoms with van der Waals surface area (Å²) in [5.74, 6) is -0.469. The summed E-state index contributed by atoms with van der Waals surface area (Å²) < 4.78 is 26.1. The molecular formula is C17H20N2O3S. The van der Waals surface area contributed by atoms with Crippen molar-refractivity contribution < 1.29 is 13.2 Å². The molecule has 0 radical (unpaired) electrons. The molecule has 2 N–H and O–H groups in total. The van der Waals surface area contributed by atoms with Crippen molar-refractivity contribution in [2.75, 3.05) is 13.1 Å². The van der Waals surface area contributed by atoms with Crippen LogP contribution in [0.15, 0.2) is 60.7 Å². The maximum Gasteiger partial charge on any atom is 0.235 e. The van der Waals surface area contributed by atoms with Crippen molar-refractivity contribution in [2.24, 2.45) is 0 Å². The molecule has 2 rings (SSSR count). The van der Waals surface area contributed by atoms with Crippen molar-refractivity contribution in [1.82, 2.24) is 10.0 Å². The Hall–Kier alpha value is -2.18. The smallest absolute Gasteiger partial charge is 0.235 e. The van der Waals surface area contributed by atoms with Crippen LogP contribution in [-0.2, 0) is 27.0 Å². The lowest BCUT2D eigenvalue weighted by Gasteiger charge is -2.08. The van der Waals surface area contributed by atoms with Crippen LogP contribution >= 0.6 is 0 Å². The number of carbonyl (C=O) groups is 1. The molecule has 0 heterocycles. The summed E-state index contributed by atoms with van der Waals surface area (Å²) in [4.78, 5) is 11.7. The van der Waals surface area contributed by atoms with Gasteiger partial charge in [0.25, 0.3) is 0 Å². The quantitative estimate of drug-likeness (QED) is 0.768. The van der Waals surface area contributed by atoms with Gasteiger partial charge in [-0.25, -0.2) is 13.1 Å². The van der Waals surface area contributed by atoms with Gasteiger partial charge in [-0.15, -0.1) is 0 Å². The molecule has 1 amide bonds. The Morgan fingerprint density at radius 2 is 1.43 bits per heavy atom. The second kappa shape index (κ2) is 8.45. The summed E-state index contributed by atoms with van der Waals surface area (Å²) in [6, 6.07) is 18.6. The standard InChI is InChI=1S/C17H20N2O3S/c20-17(18-12-11-15-7-3-1-4-8-15)13-19-23(21,22)14-16-9-5-2-6-10-16/h1-10,19H,11-14H2,(H,18,20). The number of hydrogen-bond acceptors (Lipinski definition) is 3. The third-order valence-corrected chi connectivity index (χ3v) is 4.53. The average molecular weight is 332 g/mol. The monoisotopic (exact) mass is 332 g/mol. The van der Waals surface area contributed by atoms with Crippen LogP contribution in [0.25, 0.3) is 0 Å². The van der Waals surface area contributed by atoms with Crippen LogP contribution in [0.1, 0.15) is 11.1 Å². The molecule has 0 saturated heterocycles. The number of carbonyl (C=O) groups excluding carboxylic acids is 1. The van der Waals surface area contributed by atoms with E-state index in [9.17, 15) is 13.2 Å². The number of hydrogen-bond donors (Lipinski definition) is 2. The van der Waals surface area contributed by atoms with Crippen LogP contribution in [-0.4, -0.2) is 27.4 Å². The minimum Gasteiger partial charge on any atom is -0.355 e. The fourth-order valence-electron chi connectivity index (χ4n) is 2.07. The highest BCUT2D eigenvalue weighted by Gasteiger charge is 2.13. The zero-order valence-corrected chi connectivity index (χ0v) is 13.6. The van der Waals surface area contributed by atoms with Crippen LogP contribution in [0.3, 0.4) is 0 Å². The number of rotatable bonds is 8. The lowest BCUT2D eigenvalue weighted by Crippen LogP contribution is -2.38. The van der Waals surface area contributed by atoms with E-state index in [1.807, 2.05) is 36.4 Å². The van der Waals surface area contributed by atoms with Gasteiger partial charge < -0.3 is 5.32 Å². The first-order valence-electron chi connectivity index (χ1n) is 7.37. The molecule has 0 spiro atoms. The molecule has 23 heavy (non-hydrogen) atoms. The summed E-state index contributed by atoms with van der Waals surface area (Å²) in [7, 11) is -3.52. The molecular weight excluding hydrogens is 312 g/mol. The van der Waals surface area contributed by atoms with Gasteiger partial charge in [0.15, 0.2) is 0 Å². The van der Waals surface area contributed by atoms with Crippen molar-refractivity contribution in [1.29, 1.82) is 0 Å². The molecule has 2 aromatic rings. The first kappa shape index (κ1) is 17.2. The first-order valence-corrected chi connectivity index (χ1v) is 9.02. The fourth-order valence-corrected chi connectivity index (χ4v) is 3.16. The van der Waals surface area contributed by atoms with Gasteiger partial charge in [0.1, 0.15) is 0 Å². The summed E-state index contributed by atoms with van der Waals surface area (Å²) in [6.45, 7) is 0.229. The van der Waals surface area contributed by atoms with Gasteiger partial charge in [-0.05, 0) is 17.5 Å². The number of sulfonamides is 1. The topological polar surface area (TPSA) is 75.3 Å². The second-order valence-electron chi connectivity index (χ2n) is 5.15. The van der Waals surface area contributed by atoms with Crippen molar-refractivity contribution in [3.05, 3.63) is 71.8 Å². The number of benzene rings is 2. The maximum atomic E-state index is 11.9. The lowest BCUT2D eigenvalue weighted by atomic mass is 10.1. The summed E-state index contributed by atoms with van der Waals surface area (Å²) in [6.07, 6.45) is 0.712. The minimum absolute atomic E-state index is 0.134. The van der Waals surface area contributed by atoms with Crippen LogP contribution < -0.4 is 10.0 Å². The van der Waals surface area contributed by atoms with E-state index in [2.05, 4.69) is 10.0 Å². The lowest BCUT2D eigenvalue weighted by molar-refractivity contribution is -0.119. The van der Waals surface area contributed by atoms with Gasteiger partial charge in [-0.1, -0.05) is 60.7 Å². The van der Waals surface area contributed by atoms with Gasteiger partial charge in [0.2, 0.25) is 15.9 Å². The average Bonchev–Trinajstić information content (AvgIpc) is 2.55. The van der Waals surface area contributed by atoms with Gasteiger partial charge in [0.05, 0.1) is 12.3 Å². The zero-order chi connectivity index (χ0) is 16.5. The molecule has 0 unspecified atom stereocenters. The molecule has 2 aromatic carbocycles. The van der Waals surface area contributed by atoms with Crippen molar-refractivity contribution in [3.63, 3.8) is 0 Å². The molecule has 0 aliphatic carbocycles. The van der Waals surface area contributed by atoms with Gasteiger partial charge in [-0.2, -0.15) is 0 Å². The Bertz CT molecular complexity index is 716. The number of nitrogens with one attached hydrogen (secondary N) is 2. The van der Waals surface area contributed by atoms with Crippen molar-refractivity contribution in [3.8, 4) is 0 Å². The Morgan fingerprint density at radius 3 is 2.04 bits per heavy atom. The molecule has 0 aliphatic rings. The summed E-state index contributed by atoms with van der Waals surface area (Å²) in [5.41, 5.74) is 1.81. The first-order chi connectivity index (χ1) is 11.1. The van der Waals surface area contributed by atoms with E-state index in [4.69, 9.17) is 0 Å². The van der Waals surface area contributed by atoms with E-state index >= 15 is 0 Å². The van der Waals surface area contributed by atoms with Gasteiger partial charge in [-0.3, -0.25) is 4.79 Å². The highest BCUT2D eigenvalue weighted by Crippen LogP contribution is 2.03. The normalized spacial score (nSPS) is 11.1. The molecule has 0 aromatic heterocycles. The van der Waals surface area contributed by atoms with E-state index in [1.54, 1.807) is 24.3 Å². The van der Waals surface area contributed by atoms with E-state index in [0.717, 1.165) is 5.56 Å². The summed E-state index contributed by atoms with van der Waals surface area (Å²) >= 11 is 0. The van der Waals surface area contributed by atoms with Crippen LogP contribution in [0, 0.1) is 0 Å². The second-order valence-corrected chi connectivity index (χ2v) is 6.96. The Labute approximate surface area is 136 Å². The molecule has 0 aliphatic heterocycles. The van der Waals surface area contributed by atoms with Crippen molar-refractivity contribution in [2.45, 2.75) is 12.2 Å². The molecule has 0 saturated carbocycles. The molecule has 0 atom stereocenters. The minimum atomic E-state index is -3.52. The maximum absolute atomic E-state index is 11.9. The highest BCUT2D eigenvalue weighted by atomic mass is 32.2. The van der Waals surface area contributed by atoms with Crippen LogP contribution in [0.4, 0.5) is 0 Å². The van der Waals surface area contributed by atoms with Gasteiger partial charge in [0, 0.05) is 6.54 Å². The molecule has 0 bridgehead atoms. The third kappa shape index (κ3) is 6.63. The molecule has 6 heteroatoms. The predicted octanol–water partition coefficient (Wildman–Crippen LogP) is 1.46. The Balaban J connectivity index is 1.71. The van der Waals surface area contributed by atoms with Crippen molar-refractivity contribution >= 4 is 15.9 Å². The van der Waals surface area contributed by atoms with Crippen LogP contribution in [0.2, 0.25) is 0 Å². The summed E-state index contributed by atoms with van der Waals surface area (Å²) in [5, 5.41) is 2.70. The van der Waals surface area contributed by atoms with E-state index in [1.165, 1.54) is 0 Å². The number of amides is 1. The van der Waals surface area contributed by atoms with E-state index in [0.29, 0.717) is 18.5 Å². The fraction of sp³-hybridized carbons (Fsp3) is 0.235. The molecule has 0 fully saturated rings. The highest BCUT2D eigenvalue weighted by molar-refractivity contribution is 7.88. The zero-order valence-electron chi connectivity index (χ0n) is 12.7. The third-order valence-electron chi connectivity index (χ3n) is 3.23. The van der Waals surface area contributed by atoms with E-state index < -0.39 is 10.0 Å². The largest absolute Gasteiger partial charge is 0.355 e. The molecule has 5 nitrogen and oxygen atoms in total. The molecule has 122 valence electrons. The predicted molar refractivity (Wildman–Crippen MR) is 90.2 cm³/mol. The Kier molecular flexibility index (Phi) is 6.31. The SMILES string of the molecule is O=C(CNS(=O)(=O)Cc1ccccc1)NCCc1ccccc1.